The van der Waals surface area contributed by atoms with Crippen molar-refractivity contribution < 1.29 is 21.6 Å². The molecule has 0 spiro atoms. The van der Waals surface area contributed by atoms with Crippen LogP contribution in [-0.4, -0.2) is 15.0 Å². The molecule has 3 nitrogen and oxygen atoms in total. The van der Waals surface area contributed by atoms with Gasteiger partial charge in [0.25, 0.3) is 0 Å². The molecule has 0 aliphatic carbocycles. The Kier molecular flexibility index (Phi) is 5.85. The molecule has 0 radical (unpaired) electrons. The fraction of sp³-hybridized carbons (Fsp3) is 0.500. The van der Waals surface area contributed by atoms with Crippen molar-refractivity contribution in [2.75, 3.05) is 6.54 Å². The van der Waals surface area contributed by atoms with Crippen LogP contribution in [0.4, 0.5) is 13.2 Å². The summed E-state index contributed by atoms with van der Waals surface area (Å²) in [6, 6.07) is 2.23. The summed E-state index contributed by atoms with van der Waals surface area (Å²) >= 11 is 5.68. The topological polar surface area (TPSA) is 46.2 Å². The maximum Gasteiger partial charge on any atom is 0.416 e. The number of unbranched alkanes of at least 4 members (excludes halogenated alkanes) is 2. The molecule has 0 amide bonds. The normalized spacial score (nSPS) is 12.7. The second kappa shape index (κ2) is 6.78. The predicted molar refractivity (Wildman–Crippen MR) is 71.2 cm³/mol. The van der Waals surface area contributed by atoms with Crippen LogP contribution < -0.4 is 4.72 Å². The first-order valence-corrected chi connectivity index (χ1v) is 7.91. The summed E-state index contributed by atoms with van der Waals surface area (Å²) in [5.74, 6) is 0. The van der Waals surface area contributed by atoms with Gasteiger partial charge in [0.15, 0.2) is 0 Å². The van der Waals surface area contributed by atoms with Crippen LogP contribution in [0.2, 0.25) is 5.02 Å². The Bertz CT molecular complexity index is 558. The minimum Gasteiger partial charge on any atom is -0.211 e. The van der Waals surface area contributed by atoms with E-state index >= 15 is 0 Å². The number of benzene rings is 1. The molecule has 1 N–H and O–H groups in total. The van der Waals surface area contributed by atoms with Crippen LogP contribution in [-0.2, 0) is 16.2 Å². The van der Waals surface area contributed by atoms with Gasteiger partial charge in [-0.05, 0) is 24.6 Å². The van der Waals surface area contributed by atoms with Gasteiger partial charge in [-0.3, -0.25) is 0 Å². The molecule has 8 heteroatoms. The highest BCUT2D eigenvalue weighted by Gasteiger charge is 2.32. The van der Waals surface area contributed by atoms with E-state index in [-0.39, 0.29) is 11.6 Å². The first-order chi connectivity index (χ1) is 9.18. The van der Waals surface area contributed by atoms with E-state index in [1.807, 2.05) is 6.92 Å². The Morgan fingerprint density at radius 1 is 1.25 bits per heavy atom. The van der Waals surface area contributed by atoms with Crippen molar-refractivity contribution in [2.24, 2.45) is 0 Å². The standard InChI is InChI=1S/C12H15ClF3NO2S/c1-2-3-4-7-17-20(18,19)11-8-9(12(14,15)16)5-6-10(11)13/h5-6,8,17H,2-4,7H2,1H3. The summed E-state index contributed by atoms with van der Waals surface area (Å²) in [5.41, 5.74) is -1.05. The van der Waals surface area contributed by atoms with Crippen LogP contribution in [0.5, 0.6) is 0 Å². The van der Waals surface area contributed by atoms with Gasteiger partial charge in [-0.1, -0.05) is 31.4 Å². The third-order valence-electron chi connectivity index (χ3n) is 2.62. The molecule has 0 saturated heterocycles. The monoisotopic (exact) mass is 329 g/mol. The lowest BCUT2D eigenvalue weighted by Gasteiger charge is -2.11. The Hall–Kier alpha value is -0.790. The first kappa shape index (κ1) is 17.3. The van der Waals surface area contributed by atoms with Gasteiger partial charge in [-0.25, -0.2) is 13.1 Å². The smallest absolute Gasteiger partial charge is 0.211 e. The van der Waals surface area contributed by atoms with Gasteiger partial charge < -0.3 is 0 Å². The summed E-state index contributed by atoms with van der Waals surface area (Å²) in [5, 5.41) is -0.235. The van der Waals surface area contributed by atoms with Crippen molar-refractivity contribution in [3.05, 3.63) is 28.8 Å². The number of halogens is 4. The molecule has 1 aromatic carbocycles. The highest BCUT2D eigenvalue weighted by atomic mass is 35.5. The van der Waals surface area contributed by atoms with E-state index in [0.717, 1.165) is 25.0 Å². The van der Waals surface area contributed by atoms with E-state index in [1.54, 1.807) is 0 Å². The van der Waals surface area contributed by atoms with Crippen molar-refractivity contribution >= 4 is 21.6 Å². The fourth-order valence-corrected chi connectivity index (χ4v) is 3.14. The van der Waals surface area contributed by atoms with Crippen molar-refractivity contribution in [3.8, 4) is 0 Å². The van der Waals surface area contributed by atoms with Gasteiger partial charge in [0.2, 0.25) is 10.0 Å². The average molecular weight is 330 g/mol. The van der Waals surface area contributed by atoms with Gasteiger partial charge in [0.05, 0.1) is 10.6 Å². The number of hydrogen-bond acceptors (Lipinski definition) is 2. The highest BCUT2D eigenvalue weighted by molar-refractivity contribution is 7.89. The summed E-state index contributed by atoms with van der Waals surface area (Å²) in [7, 11) is -4.04. The second-order valence-electron chi connectivity index (χ2n) is 4.25. The molecule has 20 heavy (non-hydrogen) atoms. The largest absolute Gasteiger partial charge is 0.416 e. The minimum absolute atomic E-state index is 0.169. The number of sulfonamides is 1. The third kappa shape index (κ3) is 4.64. The van der Waals surface area contributed by atoms with Crippen LogP contribution in [0.15, 0.2) is 23.1 Å². The zero-order chi connectivity index (χ0) is 15.4. The number of rotatable bonds is 6. The van der Waals surface area contributed by atoms with Gasteiger partial charge in [0.1, 0.15) is 4.90 Å². The molecule has 1 aromatic rings. The van der Waals surface area contributed by atoms with Crippen molar-refractivity contribution in [3.63, 3.8) is 0 Å². The van der Waals surface area contributed by atoms with Gasteiger partial charge in [0, 0.05) is 6.54 Å². The lowest BCUT2D eigenvalue weighted by Crippen LogP contribution is -2.25. The number of nitrogens with one attached hydrogen (secondary N) is 1. The lowest BCUT2D eigenvalue weighted by molar-refractivity contribution is -0.137. The van der Waals surface area contributed by atoms with Crippen LogP contribution in [0.3, 0.4) is 0 Å². The number of hydrogen-bond donors (Lipinski definition) is 1. The van der Waals surface area contributed by atoms with E-state index in [4.69, 9.17) is 11.6 Å². The first-order valence-electron chi connectivity index (χ1n) is 6.05. The number of alkyl halides is 3. The zero-order valence-corrected chi connectivity index (χ0v) is 12.4. The van der Waals surface area contributed by atoms with Crippen molar-refractivity contribution in [1.29, 1.82) is 0 Å². The SMILES string of the molecule is CCCCCNS(=O)(=O)c1cc(C(F)(F)F)ccc1Cl. The maximum atomic E-state index is 12.6. The van der Waals surface area contributed by atoms with Gasteiger partial charge >= 0.3 is 6.18 Å². The van der Waals surface area contributed by atoms with Crippen LogP contribution in [0.25, 0.3) is 0 Å². The van der Waals surface area contributed by atoms with E-state index in [9.17, 15) is 21.6 Å². The summed E-state index contributed by atoms with van der Waals surface area (Å²) in [4.78, 5) is -0.550. The molecule has 0 heterocycles. The van der Waals surface area contributed by atoms with Gasteiger partial charge in [-0.2, -0.15) is 13.2 Å². The van der Waals surface area contributed by atoms with Crippen molar-refractivity contribution in [2.45, 2.75) is 37.3 Å². The molecule has 1 rings (SSSR count). The molecule has 0 saturated carbocycles. The van der Waals surface area contributed by atoms with Gasteiger partial charge in [-0.15, -0.1) is 0 Å². The molecule has 0 aromatic heterocycles. The molecule has 0 fully saturated rings. The zero-order valence-electron chi connectivity index (χ0n) is 10.8. The molecule has 114 valence electrons. The highest BCUT2D eigenvalue weighted by Crippen LogP contribution is 2.33. The predicted octanol–water partition coefficient (Wildman–Crippen LogP) is 3.83. The van der Waals surface area contributed by atoms with E-state index in [2.05, 4.69) is 4.72 Å². The quantitative estimate of drug-likeness (QED) is 0.806. The van der Waals surface area contributed by atoms with E-state index in [1.165, 1.54) is 0 Å². The molecule has 0 aliphatic heterocycles. The van der Waals surface area contributed by atoms with E-state index < -0.39 is 26.7 Å². The second-order valence-corrected chi connectivity index (χ2v) is 6.39. The summed E-state index contributed by atoms with van der Waals surface area (Å²) in [6.45, 7) is 2.13. The average Bonchev–Trinajstić information content (AvgIpc) is 2.33. The van der Waals surface area contributed by atoms with Crippen LogP contribution >= 0.6 is 11.6 Å². The van der Waals surface area contributed by atoms with Crippen LogP contribution in [0, 0.1) is 0 Å². The summed E-state index contributed by atoms with van der Waals surface area (Å²) < 4.78 is 63.9. The molecular weight excluding hydrogens is 315 g/mol. The molecule has 0 unspecified atom stereocenters. The molecule has 0 atom stereocenters. The fourth-order valence-electron chi connectivity index (χ4n) is 1.54. The Morgan fingerprint density at radius 2 is 1.90 bits per heavy atom. The molecule has 0 aliphatic rings. The molecular formula is C12H15ClF3NO2S. The van der Waals surface area contributed by atoms with Crippen LogP contribution in [0.1, 0.15) is 31.7 Å². The maximum absolute atomic E-state index is 12.6. The Balaban J connectivity index is 2.99. The molecule has 0 bridgehead atoms. The minimum atomic E-state index is -4.61. The van der Waals surface area contributed by atoms with Crippen molar-refractivity contribution in [1.82, 2.24) is 4.72 Å². The Morgan fingerprint density at radius 3 is 2.45 bits per heavy atom. The lowest BCUT2D eigenvalue weighted by atomic mass is 10.2. The Labute approximate surface area is 121 Å². The van der Waals surface area contributed by atoms with E-state index in [0.29, 0.717) is 12.5 Å². The third-order valence-corrected chi connectivity index (χ3v) is 4.56. The summed E-state index contributed by atoms with van der Waals surface area (Å²) in [6.07, 6.45) is -2.26.